The van der Waals surface area contributed by atoms with Crippen LogP contribution in [-0.4, -0.2) is 74.0 Å². The highest BCUT2D eigenvalue weighted by Gasteiger charge is 2.52. The minimum atomic E-state index is -4.93. The van der Waals surface area contributed by atoms with Gasteiger partial charge in [-0.3, -0.25) is 4.79 Å². The van der Waals surface area contributed by atoms with Crippen molar-refractivity contribution in [3.05, 3.63) is 29.8 Å². The Bertz CT molecular complexity index is 861. The second kappa shape index (κ2) is 7.20. The van der Waals surface area contributed by atoms with Crippen LogP contribution in [0.1, 0.15) is 16.8 Å². The molecule has 0 saturated carbocycles. The van der Waals surface area contributed by atoms with Crippen molar-refractivity contribution in [3.63, 3.8) is 0 Å². The zero-order valence-electron chi connectivity index (χ0n) is 15.1. The number of piperidine rings is 1. The molecule has 2 heterocycles. The van der Waals surface area contributed by atoms with Gasteiger partial charge >= 0.3 is 6.36 Å². The van der Waals surface area contributed by atoms with E-state index in [1.54, 1.807) is 0 Å². The van der Waals surface area contributed by atoms with Gasteiger partial charge in [-0.05, 0) is 24.5 Å². The Morgan fingerprint density at radius 1 is 1.32 bits per heavy atom. The number of ether oxygens (including phenoxy) is 1. The number of sulfonamides is 1. The van der Waals surface area contributed by atoms with Crippen LogP contribution in [0.3, 0.4) is 0 Å². The molecule has 2 aliphatic heterocycles. The van der Waals surface area contributed by atoms with Crippen molar-refractivity contribution < 1.29 is 36.2 Å². The predicted molar refractivity (Wildman–Crippen MR) is 93.1 cm³/mol. The molecule has 2 aliphatic rings. The molecule has 0 bridgehead atoms. The first kappa shape index (κ1) is 20.9. The summed E-state index contributed by atoms with van der Waals surface area (Å²) in [6.07, 6.45) is -3.40. The molecule has 0 aliphatic carbocycles. The Labute approximate surface area is 160 Å². The molecule has 156 valence electrons. The number of rotatable bonds is 4. The maximum Gasteiger partial charge on any atom is 0.573 e. The van der Waals surface area contributed by atoms with Gasteiger partial charge in [0.05, 0.1) is 18.4 Å². The smallest absolute Gasteiger partial charge is 0.405 e. The molecule has 7 nitrogen and oxygen atoms in total. The van der Waals surface area contributed by atoms with Gasteiger partial charge < -0.3 is 14.7 Å². The van der Waals surface area contributed by atoms with E-state index in [-0.39, 0.29) is 44.3 Å². The number of carbonyl (C=O) groups excluding carboxylic acids is 1. The lowest BCUT2D eigenvalue weighted by Gasteiger charge is -2.43. The third-order valence-electron chi connectivity index (χ3n) is 5.45. The fourth-order valence-corrected chi connectivity index (χ4v) is 4.96. The van der Waals surface area contributed by atoms with E-state index in [1.807, 2.05) is 0 Å². The second-order valence-electron chi connectivity index (χ2n) is 7.33. The van der Waals surface area contributed by atoms with E-state index >= 15 is 0 Å². The molecule has 2 saturated heterocycles. The Hall–Kier alpha value is -1.85. The zero-order valence-corrected chi connectivity index (χ0v) is 16.0. The summed E-state index contributed by atoms with van der Waals surface area (Å²) in [5, 5.41) is 9.98. The Balaban J connectivity index is 1.84. The van der Waals surface area contributed by atoms with Crippen molar-refractivity contribution >= 4 is 15.9 Å². The molecule has 3 rings (SSSR count). The Kier molecular flexibility index (Phi) is 5.36. The van der Waals surface area contributed by atoms with Gasteiger partial charge in [-0.2, -0.15) is 0 Å². The van der Waals surface area contributed by atoms with E-state index < -0.39 is 33.5 Å². The molecule has 0 spiro atoms. The molecule has 11 heteroatoms. The van der Waals surface area contributed by atoms with Crippen LogP contribution in [-0.2, 0) is 10.0 Å². The first-order valence-corrected chi connectivity index (χ1v) is 10.5. The number of halogens is 3. The third kappa shape index (κ3) is 4.11. The Morgan fingerprint density at radius 3 is 2.61 bits per heavy atom. The standard InChI is InChI=1S/C17H21F3N2O5S/c1-28(25,26)22-8-12-6-7-21(9-16(12,10-22)11-23)15(24)13-4-2-3-5-14(13)27-17(18,19)20/h2-5,12,23H,6-11H2,1H3/t12-,16+/m0/s1. The van der Waals surface area contributed by atoms with E-state index in [0.717, 1.165) is 12.3 Å². The zero-order chi connectivity index (χ0) is 20.7. The Morgan fingerprint density at radius 2 is 2.00 bits per heavy atom. The largest absolute Gasteiger partial charge is 0.573 e. The van der Waals surface area contributed by atoms with Crippen LogP contribution in [0.25, 0.3) is 0 Å². The molecular weight excluding hydrogens is 401 g/mol. The summed E-state index contributed by atoms with van der Waals surface area (Å²) in [5.74, 6) is -1.37. The number of amides is 1. The van der Waals surface area contributed by atoms with Gasteiger partial charge in [-0.15, -0.1) is 13.2 Å². The van der Waals surface area contributed by atoms with E-state index in [1.165, 1.54) is 27.4 Å². The lowest BCUT2D eigenvalue weighted by Crippen LogP contribution is -2.52. The number of nitrogens with zero attached hydrogens (tertiary/aromatic N) is 2. The molecule has 0 radical (unpaired) electrons. The van der Waals surface area contributed by atoms with Gasteiger partial charge in [0, 0.05) is 31.6 Å². The molecule has 2 fully saturated rings. The van der Waals surface area contributed by atoms with Gasteiger partial charge in [0.2, 0.25) is 10.0 Å². The van der Waals surface area contributed by atoms with Crippen LogP contribution in [0.5, 0.6) is 5.75 Å². The van der Waals surface area contributed by atoms with Crippen LogP contribution in [0.4, 0.5) is 13.2 Å². The van der Waals surface area contributed by atoms with Crippen molar-refractivity contribution in [2.24, 2.45) is 11.3 Å². The van der Waals surface area contributed by atoms with Gasteiger partial charge in [-0.1, -0.05) is 12.1 Å². The van der Waals surface area contributed by atoms with Crippen LogP contribution < -0.4 is 4.74 Å². The minimum absolute atomic E-state index is 0.0549. The van der Waals surface area contributed by atoms with Crippen molar-refractivity contribution in [2.45, 2.75) is 12.8 Å². The summed E-state index contributed by atoms with van der Waals surface area (Å²) in [4.78, 5) is 14.3. The van der Waals surface area contributed by atoms with E-state index in [4.69, 9.17) is 0 Å². The summed E-state index contributed by atoms with van der Waals surface area (Å²) in [5.41, 5.74) is -1.07. The number of alkyl halides is 3. The average molecular weight is 422 g/mol. The van der Waals surface area contributed by atoms with Crippen LogP contribution in [0.15, 0.2) is 24.3 Å². The van der Waals surface area contributed by atoms with Crippen LogP contribution in [0, 0.1) is 11.3 Å². The molecule has 2 atom stereocenters. The number of benzene rings is 1. The van der Waals surface area contributed by atoms with Gasteiger partial charge in [0.15, 0.2) is 0 Å². The number of hydrogen-bond donors (Lipinski definition) is 1. The summed E-state index contributed by atoms with van der Waals surface area (Å²) >= 11 is 0. The van der Waals surface area contributed by atoms with Crippen molar-refractivity contribution in [1.82, 2.24) is 9.21 Å². The van der Waals surface area contributed by atoms with Gasteiger partial charge in [0.25, 0.3) is 5.91 Å². The fourth-order valence-electron chi connectivity index (χ4n) is 4.01. The van der Waals surface area contributed by atoms with E-state index in [9.17, 15) is 31.5 Å². The SMILES string of the molecule is CS(=O)(=O)N1C[C@@H]2CCN(C(=O)c3ccccc3OC(F)(F)F)C[C@]2(CO)C1. The number of fused-ring (bicyclic) bond motifs is 1. The van der Waals surface area contributed by atoms with E-state index in [0.29, 0.717) is 6.42 Å². The number of aliphatic hydroxyl groups is 1. The highest BCUT2D eigenvalue weighted by molar-refractivity contribution is 7.88. The highest BCUT2D eigenvalue weighted by Crippen LogP contribution is 2.43. The normalized spacial score (nSPS) is 26.2. The molecule has 28 heavy (non-hydrogen) atoms. The third-order valence-corrected chi connectivity index (χ3v) is 6.67. The lowest BCUT2D eigenvalue weighted by molar-refractivity contribution is -0.274. The number of carbonyl (C=O) groups is 1. The first-order valence-electron chi connectivity index (χ1n) is 8.65. The quantitative estimate of drug-likeness (QED) is 0.791. The molecule has 0 aromatic heterocycles. The summed E-state index contributed by atoms with van der Waals surface area (Å²) in [7, 11) is -3.45. The van der Waals surface area contributed by atoms with Gasteiger partial charge in [-0.25, -0.2) is 12.7 Å². The predicted octanol–water partition coefficient (Wildman–Crippen LogP) is 1.30. The summed E-state index contributed by atoms with van der Waals surface area (Å²) in [6.45, 7) is 0.309. The number of hydrogen-bond acceptors (Lipinski definition) is 5. The minimum Gasteiger partial charge on any atom is -0.405 e. The monoisotopic (exact) mass is 422 g/mol. The molecule has 1 amide bonds. The summed E-state index contributed by atoms with van der Waals surface area (Å²) < 4.78 is 66.9. The molecule has 1 aromatic carbocycles. The molecular formula is C17H21F3N2O5S. The van der Waals surface area contributed by atoms with Gasteiger partial charge in [0.1, 0.15) is 5.75 Å². The molecule has 0 unspecified atom stereocenters. The first-order chi connectivity index (χ1) is 13.0. The maximum atomic E-state index is 12.9. The second-order valence-corrected chi connectivity index (χ2v) is 9.31. The summed E-state index contributed by atoms with van der Waals surface area (Å²) in [6, 6.07) is 5.08. The number of para-hydroxylation sites is 1. The molecule has 1 aromatic rings. The number of aliphatic hydroxyl groups excluding tert-OH is 1. The topological polar surface area (TPSA) is 87.2 Å². The lowest BCUT2D eigenvalue weighted by atomic mass is 9.74. The van der Waals surface area contributed by atoms with E-state index in [2.05, 4.69) is 4.74 Å². The van der Waals surface area contributed by atoms with Crippen LogP contribution in [0.2, 0.25) is 0 Å². The maximum absolute atomic E-state index is 12.9. The van der Waals surface area contributed by atoms with Crippen molar-refractivity contribution in [3.8, 4) is 5.75 Å². The number of likely N-dealkylation sites (tertiary alicyclic amines) is 1. The van der Waals surface area contributed by atoms with Crippen molar-refractivity contribution in [2.75, 3.05) is 39.0 Å². The van der Waals surface area contributed by atoms with Crippen LogP contribution >= 0.6 is 0 Å². The van der Waals surface area contributed by atoms with Crippen molar-refractivity contribution in [1.29, 1.82) is 0 Å². The fraction of sp³-hybridized carbons (Fsp3) is 0.588. The molecule has 1 N–H and O–H groups in total. The highest BCUT2D eigenvalue weighted by atomic mass is 32.2. The average Bonchev–Trinajstić information content (AvgIpc) is 3.00.